The van der Waals surface area contributed by atoms with Crippen LogP contribution in [0.5, 0.6) is 5.75 Å². The molecule has 2 aromatic rings. The van der Waals surface area contributed by atoms with Crippen molar-refractivity contribution in [1.29, 1.82) is 0 Å². The molecule has 0 heterocycles. The van der Waals surface area contributed by atoms with Gasteiger partial charge in [0.1, 0.15) is 5.75 Å². The van der Waals surface area contributed by atoms with Gasteiger partial charge in [0.15, 0.2) is 0 Å². The molecular formula is C17H19ClN2O2. The van der Waals surface area contributed by atoms with Crippen LogP contribution in [0.25, 0.3) is 0 Å². The molecule has 0 spiro atoms. The van der Waals surface area contributed by atoms with E-state index in [1.807, 2.05) is 18.2 Å². The maximum atomic E-state index is 11.9. The number of nitrogens with zero attached hydrogens (tertiary/aromatic N) is 1. The molecule has 116 valence electrons. The van der Waals surface area contributed by atoms with Crippen molar-refractivity contribution in [3.05, 3.63) is 53.6 Å². The summed E-state index contributed by atoms with van der Waals surface area (Å²) in [5.74, 6) is 0.510. The van der Waals surface area contributed by atoms with Crippen molar-refractivity contribution in [3.8, 4) is 5.75 Å². The fourth-order valence-electron chi connectivity index (χ4n) is 2.12. The smallest absolute Gasteiger partial charge is 0.410 e. The van der Waals surface area contributed by atoms with Gasteiger partial charge in [-0.2, -0.15) is 0 Å². The minimum atomic E-state index is -0.529. The molecule has 0 saturated carbocycles. The van der Waals surface area contributed by atoms with Crippen LogP contribution in [0.4, 0.5) is 16.2 Å². The van der Waals surface area contributed by atoms with Gasteiger partial charge in [0.05, 0.1) is 0 Å². The second-order valence-corrected chi connectivity index (χ2v) is 5.13. The summed E-state index contributed by atoms with van der Waals surface area (Å²) in [4.78, 5) is 14.1. The third-order valence-corrected chi connectivity index (χ3v) is 3.50. The third-order valence-electron chi connectivity index (χ3n) is 3.25. The van der Waals surface area contributed by atoms with Gasteiger partial charge in [-0.3, -0.25) is 5.32 Å². The van der Waals surface area contributed by atoms with Gasteiger partial charge in [-0.25, -0.2) is 4.79 Å². The molecule has 1 N–H and O–H groups in total. The normalized spacial score (nSPS) is 10.1. The molecule has 4 nitrogen and oxygen atoms in total. The second-order valence-electron chi connectivity index (χ2n) is 4.69. The summed E-state index contributed by atoms with van der Waals surface area (Å²) in [6.07, 6.45) is -0.529. The van der Waals surface area contributed by atoms with E-state index in [2.05, 4.69) is 24.1 Å². The third kappa shape index (κ3) is 4.40. The highest BCUT2D eigenvalue weighted by Crippen LogP contribution is 2.21. The Morgan fingerprint density at radius 2 is 1.82 bits per heavy atom. The zero-order valence-corrected chi connectivity index (χ0v) is 13.4. The van der Waals surface area contributed by atoms with Crippen LogP contribution in [0.2, 0.25) is 5.02 Å². The summed E-state index contributed by atoms with van der Waals surface area (Å²) in [5.41, 5.74) is 1.66. The van der Waals surface area contributed by atoms with Crippen molar-refractivity contribution in [1.82, 2.24) is 0 Å². The molecule has 5 heteroatoms. The highest BCUT2D eigenvalue weighted by Gasteiger charge is 2.08. The second kappa shape index (κ2) is 7.71. The lowest BCUT2D eigenvalue weighted by molar-refractivity contribution is 0.215. The Hall–Kier alpha value is -2.20. The lowest BCUT2D eigenvalue weighted by atomic mass is 10.2. The van der Waals surface area contributed by atoms with Crippen LogP contribution in [0.15, 0.2) is 48.5 Å². The number of anilines is 2. The average molecular weight is 319 g/mol. The Balaban J connectivity index is 2.02. The fourth-order valence-corrected chi connectivity index (χ4v) is 2.24. The highest BCUT2D eigenvalue weighted by molar-refractivity contribution is 6.30. The minimum absolute atomic E-state index is 0.510. The summed E-state index contributed by atoms with van der Waals surface area (Å²) in [6, 6.07) is 14.3. The zero-order valence-electron chi connectivity index (χ0n) is 12.7. The van der Waals surface area contributed by atoms with E-state index in [1.54, 1.807) is 30.3 Å². The number of benzene rings is 2. The Morgan fingerprint density at radius 3 is 2.45 bits per heavy atom. The molecule has 0 aliphatic rings. The molecule has 22 heavy (non-hydrogen) atoms. The zero-order chi connectivity index (χ0) is 15.9. The number of hydrogen-bond donors (Lipinski definition) is 1. The molecule has 0 aliphatic carbocycles. The molecule has 0 radical (unpaired) electrons. The Labute approximate surface area is 135 Å². The Kier molecular flexibility index (Phi) is 5.67. The van der Waals surface area contributed by atoms with Crippen molar-refractivity contribution in [2.75, 3.05) is 23.3 Å². The van der Waals surface area contributed by atoms with Crippen LogP contribution in [-0.2, 0) is 0 Å². The molecule has 2 rings (SSSR count). The summed E-state index contributed by atoms with van der Waals surface area (Å²) >= 11 is 5.80. The van der Waals surface area contributed by atoms with Crippen LogP contribution in [0.3, 0.4) is 0 Å². The van der Waals surface area contributed by atoms with Crippen molar-refractivity contribution in [3.63, 3.8) is 0 Å². The minimum Gasteiger partial charge on any atom is -0.410 e. The Bertz CT molecular complexity index is 625. The lowest BCUT2D eigenvalue weighted by Crippen LogP contribution is -2.22. The molecular weight excluding hydrogens is 300 g/mol. The maximum absolute atomic E-state index is 11.9. The molecule has 1 amide bonds. The molecule has 0 fully saturated rings. The van der Waals surface area contributed by atoms with Gasteiger partial charge in [-0.15, -0.1) is 0 Å². The molecule has 0 aliphatic heterocycles. The van der Waals surface area contributed by atoms with E-state index in [0.29, 0.717) is 16.5 Å². The first-order valence-corrected chi connectivity index (χ1v) is 7.59. The van der Waals surface area contributed by atoms with Crippen LogP contribution in [0, 0.1) is 0 Å². The Morgan fingerprint density at radius 1 is 1.14 bits per heavy atom. The van der Waals surface area contributed by atoms with Crippen molar-refractivity contribution >= 4 is 29.1 Å². The first-order valence-electron chi connectivity index (χ1n) is 7.21. The van der Waals surface area contributed by atoms with Gasteiger partial charge in [0, 0.05) is 35.6 Å². The van der Waals surface area contributed by atoms with E-state index < -0.39 is 6.09 Å². The fraction of sp³-hybridized carbons (Fsp3) is 0.235. The van der Waals surface area contributed by atoms with E-state index >= 15 is 0 Å². The number of amides is 1. The van der Waals surface area contributed by atoms with Gasteiger partial charge in [0.2, 0.25) is 0 Å². The molecule has 0 unspecified atom stereocenters. The van der Waals surface area contributed by atoms with E-state index in [-0.39, 0.29) is 0 Å². The molecule has 0 bridgehead atoms. The van der Waals surface area contributed by atoms with Crippen LogP contribution >= 0.6 is 11.6 Å². The van der Waals surface area contributed by atoms with Crippen molar-refractivity contribution in [2.45, 2.75) is 13.8 Å². The van der Waals surface area contributed by atoms with Crippen LogP contribution in [-0.4, -0.2) is 19.2 Å². The number of carbonyl (C=O) groups excluding carboxylic acids is 1. The van der Waals surface area contributed by atoms with Gasteiger partial charge in [-0.1, -0.05) is 17.7 Å². The van der Waals surface area contributed by atoms with Crippen LogP contribution in [0.1, 0.15) is 13.8 Å². The van der Waals surface area contributed by atoms with Gasteiger partial charge >= 0.3 is 6.09 Å². The van der Waals surface area contributed by atoms with Crippen molar-refractivity contribution in [2.24, 2.45) is 0 Å². The number of carbonyl (C=O) groups is 1. The first-order chi connectivity index (χ1) is 10.6. The summed E-state index contributed by atoms with van der Waals surface area (Å²) < 4.78 is 5.32. The largest absolute Gasteiger partial charge is 0.417 e. The summed E-state index contributed by atoms with van der Waals surface area (Å²) in [5, 5.41) is 3.28. The predicted octanol–water partition coefficient (Wildman–Crippen LogP) is 4.80. The van der Waals surface area contributed by atoms with E-state index in [1.165, 1.54) is 0 Å². The standard InChI is InChI=1S/C17H19ClN2O2/c1-3-20(4-2)15-6-5-7-16(12-15)22-17(21)19-14-10-8-13(18)9-11-14/h5-12H,3-4H2,1-2H3,(H,19,21). The summed E-state index contributed by atoms with van der Waals surface area (Å²) in [7, 11) is 0. The number of halogens is 1. The molecule has 0 atom stereocenters. The summed E-state index contributed by atoms with van der Waals surface area (Å²) in [6.45, 7) is 5.97. The first kappa shape index (κ1) is 16.2. The lowest BCUT2D eigenvalue weighted by Gasteiger charge is -2.21. The number of ether oxygens (including phenoxy) is 1. The maximum Gasteiger partial charge on any atom is 0.417 e. The van der Waals surface area contributed by atoms with Gasteiger partial charge < -0.3 is 9.64 Å². The topological polar surface area (TPSA) is 41.6 Å². The quantitative estimate of drug-likeness (QED) is 0.861. The molecule has 2 aromatic carbocycles. The van der Waals surface area contributed by atoms with E-state index in [9.17, 15) is 4.79 Å². The number of nitrogens with one attached hydrogen (secondary N) is 1. The number of rotatable bonds is 5. The van der Waals surface area contributed by atoms with Crippen molar-refractivity contribution < 1.29 is 9.53 Å². The SMILES string of the molecule is CCN(CC)c1cccc(OC(=O)Nc2ccc(Cl)cc2)c1. The van der Waals surface area contributed by atoms with Gasteiger partial charge in [-0.05, 0) is 50.2 Å². The molecule has 0 saturated heterocycles. The van der Waals surface area contributed by atoms with Gasteiger partial charge in [0.25, 0.3) is 0 Å². The highest BCUT2D eigenvalue weighted by atomic mass is 35.5. The monoisotopic (exact) mass is 318 g/mol. The van der Waals surface area contributed by atoms with E-state index in [4.69, 9.17) is 16.3 Å². The predicted molar refractivity (Wildman–Crippen MR) is 91.1 cm³/mol. The molecule has 0 aromatic heterocycles. The van der Waals surface area contributed by atoms with Crippen LogP contribution < -0.4 is 15.0 Å². The van der Waals surface area contributed by atoms with E-state index in [0.717, 1.165) is 18.8 Å². The number of hydrogen-bond acceptors (Lipinski definition) is 3. The average Bonchev–Trinajstić information content (AvgIpc) is 2.51.